The van der Waals surface area contributed by atoms with Crippen molar-refractivity contribution >= 4 is 23.2 Å². The Balaban J connectivity index is 2.73. The molecule has 20 heavy (non-hydrogen) atoms. The highest BCUT2D eigenvalue weighted by atomic mass is 35.5. The molecule has 1 atom stereocenters. The summed E-state index contributed by atoms with van der Waals surface area (Å²) in [6, 6.07) is 5.15. The first-order chi connectivity index (χ1) is 9.56. The van der Waals surface area contributed by atoms with E-state index in [9.17, 15) is 4.79 Å². The van der Waals surface area contributed by atoms with Crippen molar-refractivity contribution in [2.45, 2.75) is 25.9 Å². The highest BCUT2D eigenvalue weighted by molar-refractivity contribution is 6.30. The molecule has 0 fully saturated rings. The van der Waals surface area contributed by atoms with Crippen molar-refractivity contribution in [3.05, 3.63) is 28.8 Å². The summed E-state index contributed by atoms with van der Waals surface area (Å²) in [5.74, 6) is 5.57. The Kier molecular flexibility index (Phi) is 7.10. The molecule has 0 aliphatic rings. The number of amides is 1. The van der Waals surface area contributed by atoms with Crippen LogP contribution in [0.25, 0.3) is 0 Å². The maximum absolute atomic E-state index is 11.9. The van der Waals surface area contributed by atoms with Crippen LogP contribution in [0, 0.1) is 11.8 Å². The second kappa shape index (κ2) is 8.60. The molecule has 0 aliphatic carbocycles. The number of rotatable bonds is 5. The molecule has 0 radical (unpaired) electrons. The molecule has 1 aromatic carbocycles. The van der Waals surface area contributed by atoms with Gasteiger partial charge in [0.1, 0.15) is 0 Å². The molecule has 4 nitrogen and oxygen atoms in total. The van der Waals surface area contributed by atoms with Crippen LogP contribution in [0.1, 0.15) is 25.3 Å². The zero-order valence-electron chi connectivity index (χ0n) is 11.7. The normalized spacial score (nSPS) is 11.4. The standard InChI is InChI=1S/C15H19ClN2O2/c1-11(20-2)5-8-15(19)18-14-7-6-13(16)10-12(14)4-3-9-17/h6-7,10-11H,5,8-9,17H2,1-2H3,(H,18,19). The molecule has 0 saturated heterocycles. The summed E-state index contributed by atoms with van der Waals surface area (Å²) in [6.45, 7) is 2.18. The molecule has 0 aromatic heterocycles. The van der Waals surface area contributed by atoms with Crippen LogP contribution in [0.4, 0.5) is 5.69 Å². The third kappa shape index (κ3) is 5.62. The van der Waals surface area contributed by atoms with E-state index in [4.69, 9.17) is 22.1 Å². The number of hydrogen-bond acceptors (Lipinski definition) is 3. The maximum Gasteiger partial charge on any atom is 0.224 e. The summed E-state index contributed by atoms with van der Waals surface area (Å²) in [5, 5.41) is 3.40. The van der Waals surface area contributed by atoms with Gasteiger partial charge in [0.05, 0.1) is 18.3 Å². The molecule has 1 rings (SSSR count). The lowest BCUT2D eigenvalue weighted by atomic mass is 10.1. The summed E-state index contributed by atoms with van der Waals surface area (Å²) in [4.78, 5) is 11.9. The van der Waals surface area contributed by atoms with Crippen molar-refractivity contribution in [2.24, 2.45) is 5.73 Å². The predicted octanol–water partition coefficient (Wildman–Crippen LogP) is 2.40. The number of ether oxygens (including phenoxy) is 1. The number of nitrogens with two attached hydrogens (primary N) is 1. The molecule has 0 spiro atoms. The first-order valence-corrected chi connectivity index (χ1v) is 6.75. The van der Waals surface area contributed by atoms with E-state index in [-0.39, 0.29) is 18.6 Å². The van der Waals surface area contributed by atoms with Gasteiger partial charge in [-0.05, 0) is 31.5 Å². The van der Waals surface area contributed by atoms with E-state index in [1.165, 1.54) is 0 Å². The van der Waals surface area contributed by atoms with Gasteiger partial charge < -0.3 is 15.8 Å². The van der Waals surface area contributed by atoms with Crippen LogP contribution >= 0.6 is 11.6 Å². The summed E-state index contributed by atoms with van der Waals surface area (Å²) in [5.41, 5.74) is 6.66. The van der Waals surface area contributed by atoms with E-state index in [1.807, 2.05) is 6.92 Å². The minimum atomic E-state index is -0.0768. The molecule has 108 valence electrons. The van der Waals surface area contributed by atoms with Crippen molar-refractivity contribution in [3.63, 3.8) is 0 Å². The van der Waals surface area contributed by atoms with Crippen LogP contribution in [0.5, 0.6) is 0 Å². The molecule has 1 unspecified atom stereocenters. The van der Waals surface area contributed by atoms with Crippen LogP contribution in [0.15, 0.2) is 18.2 Å². The summed E-state index contributed by atoms with van der Waals surface area (Å²) < 4.78 is 5.11. The smallest absolute Gasteiger partial charge is 0.224 e. The number of carbonyl (C=O) groups is 1. The fourth-order valence-electron chi connectivity index (χ4n) is 1.54. The molecule has 5 heteroatoms. The lowest BCUT2D eigenvalue weighted by Crippen LogP contribution is -2.15. The van der Waals surface area contributed by atoms with E-state index >= 15 is 0 Å². The number of methoxy groups -OCH3 is 1. The van der Waals surface area contributed by atoms with Gasteiger partial charge in [0.25, 0.3) is 0 Å². The van der Waals surface area contributed by atoms with E-state index in [0.29, 0.717) is 29.1 Å². The number of benzene rings is 1. The molecule has 0 saturated carbocycles. The van der Waals surface area contributed by atoms with Crippen LogP contribution in [-0.2, 0) is 9.53 Å². The molecule has 0 heterocycles. The lowest BCUT2D eigenvalue weighted by molar-refractivity contribution is -0.116. The number of carbonyl (C=O) groups excluding carboxylic acids is 1. The van der Waals surface area contributed by atoms with Gasteiger partial charge >= 0.3 is 0 Å². The lowest BCUT2D eigenvalue weighted by Gasteiger charge is -2.10. The van der Waals surface area contributed by atoms with Crippen LogP contribution in [0.3, 0.4) is 0 Å². The molecular weight excluding hydrogens is 276 g/mol. The van der Waals surface area contributed by atoms with Gasteiger partial charge in [-0.25, -0.2) is 0 Å². The minimum absolute atomic E-state index is 0.0578. The largest absolute Gasteiger partial charge is 0.382 e. The second-order valence-corrected chi connectivity index (χ2v) is 4.77. The molecule has 0 bridgehead atoms. The Morgan fingerprint density at radius 1 is 1.55 bits per heavy atom. The SMILES string of the molecule is COC(C)CCC(=O)Nc1ccc(Cl)cc1C#CCN. The van der Waals surface area contributed by atoms with Crippen LogP contribution in [-0.4, -0.2) is 25.7 Å². The number of hydrogen-bond donors (Lipinski definition) is 2. The van der Waals surface area contributed by atoms with Gasteiger partial charge in [0.15, 0.2) is 0 Å². The third-order valence-electron chi connectivity index (χ3n) is 2.76. The van der Waals surface area contributed by atoms with Gasteiger partial charge in [-0.3, -0.25) is 4.79 Å². The van der Waals surface area contributed by atoms with Crippen LogP contribution in [0.2, 0.25) is 5.02 Å². The van der Waals surface area contributed by atoms with Gasteiger partial charge in [0, 0.05) is 24.1 Å². The van der Waals surface area contributed by atoms with Crippen molar-refractivity contribution in [1.29, 1.82) is 0 Å². The second-order valence-electron chi connectivity index (χ2n) is 4.33. The molecule has 3 N–H and O–H groups in total. The Bertz CT molecular complexity index is 520. The van der Waals surface area contributed by atoms with Gasteiger partial charge in [-0.15, -0.1) is 0 Å². The predicted molar refractivity (Wildman–Crippen MR) is 81.7 cm³/mol. The zero-order valence-corrected chi connectivity index (χ0v) is 12.5. The van der Waals surface area contributed by atoms with Crippen molar-refractivity contribution in [3.8, 4) is 11.8 Å². The van der Waals surface area contributed by atoms with E-state index in [2.05, 4.69) is 17.2 Å². The molecule has 1 amide bonds. The van der Waals surface area contributed by atoms with Gasteiger partial charge in [-0.2, -0.15) is 0 Å². The summed E-state index contributed by atoms with van der Waals surface area (Å²) in [6.07, 6.45) is 1.11. The Hall–Kier alpha value is -1.54. The summed E-state index contributed by atoms with van der Waals surface area (Å²) >= 11 is 5.93. The monoisotopic (exact) mass is 294 g/mol. The third-order valence-corrected chi connectivity index (χ3v) is 3.00. The van der Waals surface area contributed by atoms with E-state index in [0.717, 1.165) is 0 Å². The zero-order chi connectivity index (χ0) is 15.0. The minimum Gasteiger partial charge on any atom is -0.382 e. The first-order valence-electron chi connectivity index (χ1n) is 6.38. The molecular formula is C15H19ClN2O2. The molecule has 1 aromatic rings. The van der Waals surface area contributed by atoms with Crippen molar-refractivity contribution in [1.82, 2.24) is 0 Å². The number of nitrogens with one attached hydrogen (secondary N) is 1. The van der Waals surface area contributed by atoms with E-state index < -0.39 is 0 Å². The highest BCUT2D eigenvalue weighted by Crippen LogP contribution is 2.20. The van der Waals surface area contributed by atoms with Crippen molar-refractivity contribution < 1.29 is 9.53 Å². The highest BCUT2D eigenvalue weighted by Gasteiger charge is 2.08. The average molecular weight is 295 g/mol. The first kappa shape index (κ1) is 16.5. The average Bonchev–Trinajstić information content (AvgIpc) is 2.44. The van der Waals surface area contributed by atoms with Gasteiger partial charge in [-0.1, -0.05) is 23.4 Å². The van der Waals surface area contributed by atoms with E-state index in [1.54, 1.807) is 25.3 Å². The fourth-order valence-corrected chi connectivity index (χ4v) is 1.71. The Morgan fingerprint density at radius 3 is 2.95 bits per heavy atom. The Labute approximate surface area is 124 Å². The summed E-state index contributed by atoms with van der Waals surface area (Å²) in [7, 11) is 1.63. The topological polar surface area (TPSA) is 64.3 Å². The maximum atomic E-state index is 11.9. The van der Waals surface area contributed by atoms with Crippen LogP contribution < -0.4 is 11.1 Å². The quantitative estimate of drug-likeness (QED) is 0.820. The van der Waals surface area contributed by atoms with Gasteiger partial charge in [0.2, 0.25) is 5.91 Å². The number of halogens is 1. The Morgan fingerprint density at radius 2 is 2.30 bits per heavy atom. The fraction of sp³-hybridized carbons (Fsp3) is 0.400. The number of anilines is 1. The van der Waals surface area contributed by atoms with Crippen molar-refractivity contribution in [2.75, 3.05) is 19.0 Å². The molecule has 0 aliphatic heterocycles.